The van der Waals surface area contributed by atoms with E-state index in [9.17, 15) is 9.59 Å². The van der Waals surface area contributed by atoms with Gasteiger partial charge in [0.15, 0.2) is 0 Å². The molecule has 0 aliphatic rings. The number of anilines is 1. The minimum absolute atomic E-state index is 0.0219. The van der Waals surface area contributed by atoms with E-state index >= 15 is 0 Å². The number of hydrogen-bond acceptors (Lipinski definition) is 3. The standard InChI is InChI=1S/C19H21ClN2O3/c1-14-4-3-5-17(12-14)25-11-10-19(24)22(2)13-18(23)21-16-8-6-15(20)7-9-16/h3-9,12H,10-11,13H2,1-2H3,(H,21,23). The first-order valence-electron chi connectivity index (χ1n) is 7.93. The van der Waals surface area contributed by atoms with E-state index < -0.39 is 0 Å². The highest BCUT2D eigenvalue weighted by Gasteiger charge is 2.13. The lowest BCUT2D eigenvalue weighted by molar-refractivity contribution is -0.133. The van der Waals surface area contributed by atoms with Crippen LogP contribution in [-0.4, -0.2) is 36.9 Å². The second kappa shape index (κ2) is 9.08. The van der Waals surface area contributed by atoms with Crippen LogP contribution >= 0.6 is 11.6 Å². The second-order valence-corrected chi connectivity index (χ2v) is 6.16. The molecule has 0 saturated heterocycles. The van der Waals surface area contributed by atoms with E-state index in [4.69, 9.17) is 16.3 Å². The Hall–Kier alpha value is -2.53. The summed E-state index contributed by atoms with van der Waals surface area (Å²) in [5.41, 5.74) is 1.73. The Morgan fingerprint density at radius 1 is 1.16 bits per heavy atom. The Kier molecular flexibility index (Phi) is 6.83. The van der Waals surface area contributed by atoms with E-state index in [-0.39, 0.29) is 31.4 Å². The minimum Gasteiger partial charge on any atom is -0.493 e. The maximum Gasteiger partial charge on any atom is 0.243 e. The van der Waals surface area contributed by atoms with Crippen molar-refractivity contribution < 1.29 is 14.3 Å². The zero-order valence-electron chi connectivity index (χ0n) is 14.3. The van der Waals surface area contributed by atoms with Crippen LogP contribution in [0.2, 0.25) is 5.02 Å². The Bertz CT molecular complexity index is 732. The van der Waals surface area contributed by atoms with E-state index in [1.165, 1.54) is 4.90 Å². The largest absolute Gasteiger partial charge is 0.493 e. The van der Waals surface area contributed by atoms with Crippen LogP contribution in [0.5, 0.6) is 5.75 Å². The topological polar surface area (TPSA) is 58.6 Å². The fourth-order valence-electron chi connectivity index (χ4n) is 2.19. The van der Waals surface area contributed by atoms with E-state index in [2.05, 4.69) is 5.32 Å². The monoisotopic (exact) mass is 360 g/mol. The van der Waals surface area contributed by atoms with Gasteiger partial charge in [0, 0.05) is 17.8 Å². The highest BCUT2D eigenvalue weighted by atomic mass is 35.5. The molecule has 0 aliphatic heterocycles. The molecular weight excluding hydrogens is 340 g/mol. The van der Waals surface area contributed by atoms with Gasteiger partial charge in [-0.3, -0.25) is 9.59 Å². The fraction of sp³-hybridized carbons (Fsp3) is 0.263. The summed E-state index contributed by atoms with van der Waals surface area (Å²) in [6.45, 7) is 2.22. The molecule has 0 saturated carbocycles. The van der Waals surface area contributed by atoms with Crippen molar-refractivity contribution in [1.82, 2.24) is 4.90 Å². The molecule has 2 aromatic rings. The summed E-state index contributed by atoms with van der Waals surface area (Å²) in [6, 6.07) is 14.4. The van der Waals surface area contributed by atoms with Crippen LogP contribution in [0, 0.1) is 6.92 Å². The summed E-state index contributed by atoms with van der Waals surface area (Å²) >= 11 is 5.80. The number of nitrogens with zero attached hydrogens (tertiary/aromatic N) is 1. The number of benzene rings is 2. The Morgan fingerprint density at radius 3 is 2.56 bits per heavy atom. The molecule has 0 bridgehead atoms. The number of rotatable bonds is 7. The molecule has 0 heterocycles. The normalized spacial score (nSPS) is 10.2. The number of likely N-dealkylation sites (N-methyl/N-ethyl adjacent to an activating group) is 1. The van der Waals surface area contributed by atoms with Crippen LogP contribution in [-0.2, 0) is 9.59 Å². The molecular formula is C19H21ClN2O3. The maximum absolute atomic E-state index is 12.1. The van der Waals surface area contributed by atoms with Gasteiger partial charge < -0.3 is 15.0 Å². The number of hydrogen-bond donors (Lipinski definition) is 1. The summed E-state index contributed by atoms with van der Waals surface area (Å²) in [6.07, 6.45) is 0.207. The number of carbonyl (C=O) groups is 2. The molecule has 25 heavy (non-hydrogen) atoms. The van der Waals surface area contributed by atoms with Crippen LogP contribution in [0.3, 0.4) is 0 Å². The zero-order valence-corrected chi connectivity index (χ0v) is 15.0. The van der Waals surface area contributed by atoms with Gasteiger partial charge in [0.05, 0.1) is 19.6 Å². The summed E-state index contributed by atoms with van der Waals surface area (Å²) < 4.78 is 5.56. The Morgan fingerprint density at radius 2 is 1.88 bits per heavy atom. The molecule has 0 spiro atoms. The maximum atomic E-state index is 12.1. The molecule has 0 radical (unpaired) electrons. The molecule has 5 nitrogen and oxygen atoms in total. The number of nitrogens with one attached hydrogen (secondary N) is 1. The first-order chi connectivity index (χ1) is 11.9. The van der Waals surface area contributed by atoms with E-state index in [0.29, 0.717) is 10.7 Å². The van der Waals surface area contributed by atoms with E-state index in [1.807, 2.05) is 31.2 Å². The van der Waals surface area contributed by atoms with Gasteiger partial charge in [-0.05, 0) is 48.9 Å². The Labute approximate surface area is 152 Å². The quantitative estimate of drug-likeness (QED) is 0.822. The minimum atomic E-state index is -0.266. The van der Waals surface area contributed by atoms with Gasteiger partial charge in [0.2, 0.25) is 11.8 Å². The van der Waals surface area contributed by atoms with Crippen molar-refractivity contribution in [3.05, 3.63) is 59.1 Å². The molecule has 0 aliphatic carbocycles. The van der Waals surface area contributed by atoms with E-state index in [0.717, 1.165) is 11.3 Å². The van der Waals surface area contributed by atoms with Gasteiger partial charge in [0.1, 0.15) is 5.75 Å². The first-order valence-corrected chi connectivity index (χ1v) is 8.30. The van der Waals surface area contributed by atoms with E-state index in [1.54, 1.807) is 31.3 Å². The molecule has 0 atom stereocenters. The summed E-state index contributed by atoms with van der Waals surface area (Å²) in [4.78, 5) is 25.4. The number of aryl methyl sites for hydroxylation is 1. The lowest BCUT2D eigenvalue weighted by atomic mass is 10.2. The third-order valence-electron chi connectivity index (χ3n) is 3.51. The second-order valence-electron chi connectivity index (χ2n) is 5.72. The molecule has 0 unspecified atom stereocenters. The number of halogens is 1. The lowest BCUT2D eigenvalue weighted by Crippen LogP contribution is -2.35. The van der Waals surface area contributed by atoms with Crippen molar-refractivity contribution in [3.8, 4) is 5.75 Å². The summed E-state index contributed by atoms with van der Waals surface area (Å²) in [5.74, 6) is 0.313. The van der Waals surface area contributed by atoms with Gasteiger partial charge in [-0.15, -0.1) is 0 Å². The first kappa shape index (κ1) is 18.8. The van der Waals surface area contributed by atoms with Crippen LogP contribution < -0.4 is 10.1 Å². The van der Waals surface area contributed by atoms with Gasteiger partial charge in [0.25, 0.3) is 0 Å². The molecule has 0 aromatic heterocycles. The van der Waals surface area contributed by atoms with Gasteiger partial charge >= 0.3 is 0 Å². The molecule has 132 valence electrons. The lowest BCUT2D eigenvalue weighted by Gasteiger charge is -2.17. The number of amides is 2. The predicted octanol–water partition coefficient (Wildman–Crippen LogP) is 3.51. The third kappa shape index (κ3) is 6.47. The van der Waals surface area contributed by atoms with Crippen molar-refractivity contribution in [2.75, 3.05) is 25.5 Å². The highest BCUT2D eigenvalue weighted by Crippen LogP contribution is 2.14. The van der Waals surface area contributed by atoms with Crippen molar-refractivity contribution >= 4 is 29.1 Å². The fourth-order valence-corrected chi connectivity index (χ4v) is 2.32. The van der Waals surface area contributed by atoms with Crippen molar-refractivity contribution in [2.45, 2.75) is 13.3 Å². The molecule has 2 rings (SSSR count). The third-order valence-corrected chi connectivity index (χ3v) is 3.76. The van der Waals surface area contributed by atoms with Crippen molar-refractivity contribution in [3.63, 3.8) is 0 Å². The summed E-state index contributed by atoms with van der Waals surface area (Å²) in [5, 5.41) is 3.32. The molecule has 0 fully saturated rings. The average Bonchev–Trinajstić information content (AvgIpc) is 2.57. The smallest absolute Gasteiger partial charge is 0.243 e. The molecule has 2 amide bonds. The highest BCUT2D eigenvalue weighted by molar-refractivity contribution is 6.30. The van der Waals surface area contributed by atoms with Crippen molar-refractivity contribution in [1.29, 1.82) is 0 Å². The van der Waals surface area contributed by atoms with Crippen LogP contribution in [0.15, 0.2) is 48.5 Å². The van der Waals surface area contributed by atoms with Crippen molar-refractivity contribution in [2.24, 2.45) is 0 Å². The molecule has 1 N–H and O–H groups in total. The van der Waals surface area contributed by atoms with Crippen LogP contribution in [0.1, 0.15) is 12.0 Å². The van der Waals surface area contributed by atoms with Crippen LogP contribution in [0.25, 0.3) is 0 Å². The van der Waals surface area contributed by atoms with Crippen LogP contribution in [0.4, 0.5) is 5.69 Å². The predicted molar refractivity (Wildman–Crippen MR) is 99.0 cm³/mol. The zero-order chi connectivity index (χ0) is 18.2. The number of ether oxygens (including phenoxy) is 1. The molecule has 2 aromatic carbocycles. The number of carbonyl (C=O) groups excluding carboxylic acids is 2. The average molecular weight is 361 g/mol. The summed E-state index contributed by atoms with van der Waals surface area (Å²) in [7, 11) is 1.59. The van der Waals surface area contributed by atoms with Gasteiger partial charge in [-0.25, -0.2) is 0 Å². The SMILES string of the molecule is Cc1cccc(OCCC(=O)N(C)CC(=O)Nc2ccc(Cl)cc2)c1. The Balaban J connectivity index is 1.73. The van der Waals surface area contributed by atoms with Gasteiger partial charge in [-0.1, -0.05) is 23.7 Å². The molecule has 6 heteroatoms. The van der Waals surface area contributed by atoms with Gasteiger partial charge in [-0.2, -0.15) is 0 Å².